The van der Waals surface area contributed by atoms with Crippen molar-refractivity contribution in [3.8, 4) is 0 Å². The molecule has 0 fully saturated rings. The summed E-state index contributed by atoms with van der Waals surface area (Å²) in [5.41, 5.74) is 8.03. The van der Waals surface area contributed by atoms with E-state index in [-0.39, 0.29) is 0 Å². The van der Waals surface area contributed by atoms with Crippen LogP contribution in [0.25, 0.3) is 0 Å². The Bertz CT molecular complexity index is 744. The van der Waals surface area contributed by atoms with E-state index in [1.807, 2.05) is 42.5 Å². The molecule has 0 amide bonds. The van der Waals surface area contributed by atoms with Gasteiger partial charge < -0.3 is 16.0 Å². The molecule has 1 aliphatic heterocycles. The summed E-state index contributed by atoms with van der Waals surface area (Å²) < 4.78 is 0. The fraction of sp³-hybridized carbons (Fsp3) is 0.222. The van der Waals surface area contributed by atoms with Crippen LogP contribution >= 0.6 is 34.8 Å². The molecular formula is C18H18Cl3N3. The zero-order valence-electron chi connectivity index (χ0n) is 13.0. The monoisotopic (exact) mass is 381 g/mol. The first kappa shape index (κ1) is 17.3. The fourth-order valence-electron chi connectivity index (χ4n) is 2.77. The number of halogens is 3. The Labute approximate surface area is 157 Å². The maximum atomic E-state index is 6.20. The molecule has 24 heavy (non-hydrogen) atoms. The van der Waals surface area contributed by atoms with E-state index < -0.39 is 0 Å². The normalized spacial score (nSPS) is 16.6. The van der Waals surface area contributed by atoms with Gasteiger partial charge in [0.25, 0.3) is 0 Å². The minimum Gasteiger partial charge on any atom is -0.386 e. The maximum absolute atomic E-state index is 6.20. The van der Waals surface area contributed by atoms with E-state index in [4.69, 9.17) is 40.5 Å². The van der Waals surface area contributed by atoms with E-state index >= 15 is 0 Å². The number of hydrogen-bond donors (Lipinski definition) is 2. The van der Waals surface area contributed by atoms with Gasteiger partial charge in [-0.1, -0.05) is 46.9 Å². The molecule has 0 aromatic heterocycles. The molecule has 0 aliphatic carbocycles. The van der Waals surface area contributed by atoms with Gasteiger partial charge in [0.15, 0.2) is 0 Å². The summed E-state index contributed by atoms with van der Waals surface area (Å²) in [6.07, 6.45) is 2.06. The molecule has 3 nitrogen and oxygen atoms in total. The number of hydrogen-bond acceptors (Lipinski definition) is 3. The topological polar surface area (TPSA) is 41.3 Å². The van der Waals surface area contributed by atoms with Crippen LogP contribution in [-0.2, 0) is 6.54 Å². The van der Waals surface area contributed by atoms with Crippen LogP contribution in [-0.4, -0.2) is 13.1 Å². The Morgan fingerprint density at radius 3 is 2.42 bits per heavy atom. The lowest BCUT2D eigenvalue weighted by atomic mass is 10.1. The molecule has 0 spiro atoms. The van der Waals surface area contributed by atoms with E-state index in [0.29, 0.717) is 16.0 Å². The van der Waals surface area contributed by atoms with Crippen LogP contribution < -0.4 is 16.0 Å². The second-order valence-corrected chi connectivity index (χ2v) is 7.12. The lowest BCUT2D eigenvalue weighted by Crippen LogP contribution is -2.30. The van der Waals surface area contributed by atoms with Gasteiger partial charge in [-0.25, -0.2) is 0 Å². The molecule has 1 atom stereocenters. The highest BCUT2D eigenvalue weighted by molar-refractivity contribution is 6.42. The van der Waals surface area contributed by atoms with Gasteiger partial charge in [0.1, 0.15) is 0 Å². The van der Waals surface area contributed by atoms with Gasteiger partial charge in [-0.05, 0) is 42.0 Å². The Balaban J connectivity index is 1.84. The summed E-state index contributed by atoms with van der Waals surface area (Å²) in [7, 11) is 0. The van der Waals surface area contributed by atoms with Gasteiger partial charge in [0, 0.05) is 36.3 Å². The summed E-state index contributed by atoms with van der Waals surface area (Å²) in [6.45, 7) is 2.41. The van der Waals surface area contributed by atoms with Gasteiger partial charge >= 0.3 is 0 Å². The molecule has 1 heterocycles. The zero-order valence-corrected chi connectivity index (χ0v) is 15.2. The van der Waals surface area contributed by atoms with Crippen molar-refractivity contribution in [2.24, 2.45) is 11.7 Å². The van der Waals surface area contributed by atoms with Crippen LogP contribution in [0.1, 0.15) is 5.56 Å². The van der Waals surface area contributed by atoms with Crippen molar-refractivity contribution in [1.82, 2.24) is 5.32 Å². The number of benzene rings is 2. The number of nitrogens with one attached hydrogen (secondary N) is 1. The predicted molar refractivity (Wildman–Crippen MR) is 103 cm³/mol. The molecule has 3 rings (SSSR count). The van der Waals surface area contributed by atoms with Crippen LogP contribution in [0.4, 0.5) is 5.69 Å². The summed E-state index contributed by atoms with van der Waals surface area (Å²) in [5.74, 6) is 1.08. The van der Waals surface area contributed by atoms with Crippen molar-refractivity contribution in [1.29, 1.82) is 0 Å². The summed E-state index contributed by atoms with van der Waals surface area (Å²) >= 11 is 18.2. The quantitative estimate of drug-likeness (QED) is 0.789. The van der Waals surface area contributed by atoms with Crippen molar-refractivity contribution in [2.75, 3.05) is 18.0 Å². The lowest BCUT2D eigenvalue weighted by molar-refractivity contribution is 0.615. The Hall–Kier alpha value is -1.55. The first-order chi connectivity index (χ1) is 11.5. The summed E-state index contributed by atoms with van der Waals surface area (Å²) in [5, 5.41) is 5.00. The van der Waals surface area contributed by atoms with E-state index in [1.54, 1.807) is 0 Å². The number of anilines is 1. The first-order valence-electron chi connectivity index (χ1n) is 7.67. The highest BCUT2D eigenvalue weighted by atomic mass is 35.5. The van der Waals surface area contributed by atoms with Crippen LogP contribution in [0, 0.1) is 5.92 Å². The van der Waals surface area contributed by atoms with Crippen LogP contribution in [0.5, 0.6) is 0 Å². The van der Waals surface area contributed by atoms with Crippen LogP contribution in [0.2, 0.25) is 15.1 Å². The Morgan fingerprint density at radius 2 is 1.79 bits per heavy atom. The Kier molecular flexibility index (Phi) is 5.44. The molecule has 1 aliphatic rings. The minimum atomic E-state index is 0.340. The average Bonchev–Trinajstić information content (AvgIpc) is 2.97. The third-order valence-electron chi connectivity index (χ3n) is 3.99. The molecule has 0 unspecified atom stereocenters. The average molecular weight is 383 g/mol. The van der Waals surface area contributed by atoms with E-state index in [0.717, 1.165) is 36.2 Å². The summed E-state index contributed by atoms with van der Waals surface area (Å²) in [4.78, 5) is 2.27. The largest absolute Gasteiger partial charge is 0.386 e. The highest BCUT2D eigenvalue weighted by Gasteiger charge is 2.18. The molecule has 0 saturated carbocycles. The van der Waals surface area contributed by atoms with E-state index in [1.165, 1.54) is 5.56 Å². The predicted octanol–water partition coefficient (Wildman–Crippen LogP) is 4.67. The van der Waals surface area contributed by atoms with Gasteiger partial charge in [0.05, 0.1) is 15.9 Å². The number of rotatable bonds is 5. The van der Waals surface area contributed by atoms with E-state index in [9.17, 15) is 0 Å². The highest BCUT2D eigenvalue weighted by Crippen LogP contribution is 2.29. The Morgan fingerprint density at radius 1 is 1.04 bits per heavy atom. The van der Waals surface area contributed by atoms with Gasteiger partial charge in [-0.3, -0.25) is 0 Å². The van der Waals surface area contributed by atoms with Crippen molar-refractivity contribution >= 4 is 40.5 Å². The van der Waals surface area contributed by atoms with Gasteiger partial charge in [-0.15, -0.1) is 0 Å². The minimum absolute atomic E-state index is 0.340. The molecule has 126 valence electrons. The standard InChI is InChI=1S/C18H18Cl3N3/c19-14-3-1-12(2-4-14)10-24(11-13-7-18(22)23-9-13)15-5-6-16(20)17(21)8-15/h1-8,13,23H,9-11,22H2/t13-/m0/s1. The lowest BCUT2D eigenvalue weighted by Gasteiger charge is -2.27. The van der Waals surface area contributed by atoms with E-state index in [2.05, 4.69) is 16.3 Å². The number of nitrogens with two attached hydrogens (primary N) is 1. The van der Waals surface area contributed by atoms with Crippen molar-refractivity contribution in [2.45, 2.75) is 6.54 Å². The molecule has 0 radical (unpaired) electrons. The first-order valence-corrected chi connectivity index (χ1v) is 8.80. The number of nitrogens with zero attached hydrogens (tertiary/aromatic N) is 1. The SMILES string of the molecule is NC1=C[C@H](CN(Cc2ccc(Cl)cc2)c2ccc(Cl)c(Cl)c2)CN1. The molecular weight excluding hydrogens is 365 g/mol. The second-order valence-electron chi connectivity index (χ2n) is 5.87. The molecule has 2 aromatic rings. The van der Waals surface area contributed by atoms with Crippen molar-refractivity contribution in [3.63, 3.8) is 0 Å². The summed E-state index contributed by atoms with van der Waals surface area (Å²) in [6, 6.07) is 13.6. The molecule has 6 heteroatoms. The third-order valence-corrected chi connectivity index (χ3v) is 4.98. The molecule has 0 bridgehead atoms. The molecule has 2 aromatic carbocycles. The second kappa shape index (κ2) is 7.56. The van der Waals surface area contributed by atoms with Gasteiger partial charge in [-0.2, -0.15) is 0 Å². The van der Waals surface area contributed by atoms with Crippen molar-refractivity contribution < 1.29 is 0 Å². The van der Waals surface area contributed by atoms with Crippen molar-refractivity contribution in [3.05, 3.63) is 75.0 Å². The van der Waals surface area contributed by atoms with Gasteiger partial charge in [0.2, 0.25) is 0 Å². The smallest absolute Gasteiger partial charge is 0.0923 e. The molecule has 0 saturated heterocycles. The third kappa shape index (κ3) is 4.29. The molecule has 3 N–H and O–H groups in total. The van der Waals surface area contributed by atoms with Crippen LogP contribution in [0.3, 0.4) is 0 Å². The zero-order chi connectivity index (χ0) is 17.1. The fourth-order valence-corrected chi connectivity index (χ4v) is 3.19. The maximum Gasteiger partial charge on any atom is 0.0923 e. The van der Waals surface area contributed by atoms with Crippen LogP contribution in [0.15, 0.2) is 54.4 Å².